The lowest BCUT2D eigenvalue weighted by Crippen LogP contribution is -2.36. The summed E-state index contributed by atoms with van der Waals surface area (Å²) in [6, 6.07) is 8.12. The number of benzene rings is 1. The van der Waals surface area contributed by atoms with Crippen LogP contribution in [0, 0.1) is 0 Å². The molecule has 1 N–H and O–H groups in total. The molecule has 1 aromatic carbocycles. The molecule has 1 aliphatic rings. The number of nitrogens with one attached hydrogen (secondary N) is 1. The highest BCUT2D eigenvalue weighted by Gasteiger charge is 2.15. The summed E-state index contributed by atoms with van der Waals surface area (Å²) in [6.45, 7) is 0.361. The summed E-state index contributed by atoms with van der Waals surface area (Å²) >= 11 is 6.17. The van der Waals surface area contributed by atoms with Crippen molar-refractivity contribution in [2.24, 2.45) is 0 Å². The van der Waals surface area contributed by atoms with E-state index in [4.69, 9.17) is 11.6 Å². The molecule has 112 valence electrons. The van der Waals surface area contributed by atoms with Crippen LogP contribution in [0.1, 0.15) is 38.5 Å². The molecule has 3 nitrogen and oxygen atoms in total. The predicted molar refractivity (Wildman–Crippen MR) is 86.6 cm³/mol. The Morgan fingerprint density at radius 2 is 1.95 bits per heavy atom. The lowest BCUT2D eigenvalue weighted by atomic mass is 10.1. The number of halogens is 1. The van der Waals surface area contributed by atoms with Gasteiger partial charge in [0, 0.05) is 28.2 Å². The minimum atomic E-state index is 0.0966. The Morgan fingerprint density at radius 1 is 1.19 bits per heavy atom. The molecule has 0 aliphatic heterocycles. The zero-order chi connectivity index (χ0) is 14.7. The van der Waals surface area contributed by atoms with Crippen LogP contribution >= 0.6 is 11.6 Å². The zero-order valence-corrected chi connectivity index (χ0v) is 12.9. The SMILES string of the molecule is O=C(Cn1ccc2c(Cl)cccc21)NC1CCCCCC1. The van der Waals surface area contributed by atoms with Gasteiger partial charge in [-0.1, -0.05) is 43.4 Å². The van der Waals surface area contributed by atoms with Gasteiger partial charge >= 0.3 is 0 Å². The maximum atomic E-state index is 12.3. The number of aromatic nitrogens is 1. The van der Waals surface area contributed by atoms with Crippen molar-refractivity contribution in [2.45, 2.75) is 51.1 Å². The fourth-order valence-corrected chi connectivity index (χ4v) is 3.41. The van der Waals surface area contributed by atoms with E-state index in [0.29, 0.717) is 12.6 Å². The Hall–Kier alpha value is -1.48. The predicted octanol–water partition coefficient (Wildman–Crippen LogP) is 4.13. The first-order valence-corrected chi connectivity index (χ1v) is 8.14. The van der Waals surface area contributed by atoms with Crippen molar-refractivity contribution in [1.82, 2.24) is 9.88 Å². The number of fused-ring (bicyclic) bond motifs is 1. The van der Waals surface area contributed by atoms with E-state index in [0.717, 1.165) is 28.8 Å². The van der Waals surface area contributed by atoms with Gasteiger partial charge in [0.15, 0.2) is 0 Å². The summed E-state index contributed by atoms with van der Waals surface area (Å²) in [5, 5.41) is 4.92. The monoisotopic (exact) mass is 304 g/mol. The highest BCUT2D eigenvalue weighted by atomic mass is 35.5. The lowest BCUT2D eigenvalue weighted by Gasteiger charge is -2.16. The average molecular weight is 305 g/mol. The lowest BCUT2D eigenvalue weighted by molar-refractivity contribution is -0.122. The van der Waals surface area contributed by atoms with Gasteiger partial charge in [0.05, 0.1) is 0 Å². The van der Waals surface area contributed by atoms with Crippen LogP contribution in [0.4, 0.5) is 0 Å². The van der Waals surface area contributed by atoms with Crippen LogP contribution in [0.3, 0.4) is 0 Å². The Labute approximate surface area is 130 Å². The molecule has 1 aliphatic carbocycles. The van der Waals surface area contributed by atoms with Gasteiger partial charge in [-0.05, 0) is 31.0 Å². The zero-order valence-electron chi connectivity index (χ0n) is 12.1. The van der Waals surface area contributed by atoms with E-state index in [1.54, 1.807) is 0 Å². The molecule has 4 heteroatoms. The third-order valence-electron chi connectivity index (χ3n) is 4.29. The molecule has 1 aromatic heterocycles. The van der Waals surface area contributed by atoms with Gasteiger partial charge in [-0.2, -0.15) is 0 Å². The van der Waals surface area contributed by atoms with Crippen molar-refractivity contribution < 1.29 is 4.79 Å². The number of amides is 1. The average Bonchev–Trinajstić information content (AvgIpc) is 2.70. The molecule has 3 rings (SSSR count). The molecule has 21 heavy (non-hydrogen) atoms. The molecule has 0 saturated heterocycles. The topological polar surface area (TPSA) is 34.0 Å². The Morgan fingerprint density at radius 3 is 2.71 bits per heavy atom. The summed E-state index contributed by atoms with van der Waals surface area (Å²) in [4.78, 5) is 12.3. The molecule has 1 fully saturated rings. The van der Waals surface area contributed by atoms with Crippen LogP contribution in [0.2, 0.25) is 5.02 Å². The molecular formula is C17H21ClN2O. The Kier molecular flexibility index (Phi) is 4.49. The molecule has 2 aromatic rings. The van der Waals surface area contributed by atoms with E-state index in [1.165, 1.54) is 25.7 Å². The van der Waals surface area contributed by atoms with Gasteiger partial charge in [0.1, 0.15) is 6.54 Å². The maximum Gasteiger partial charge on any atom is 0.240 e. The quantitative estimate of drug-likeness (QED) is 0.850. The number of rotatable bonds is 3. The van der Waals surface area contributed by atoms with Crippen LogP contribution in [0.5, 0.6) is 0 Å². The molecular weight excluding hydrogens is 284 g/mol. The van der Waals surface area contributed by atoms with E-state index in [1.807, 2.05) is 35.0 Å². The fourth-order valence-electron chi connectivity index (χ4n) is 3.18. The van der Waals surface area contributed by atoms with Gasteiger partial charge in [0.25, 0.3) is 0 Å². The van der Waals surface area contributed by atoms with Gasteiger partial charge in [-0.3, -0.25) is 4.79 Å². The summed E-state index contributed by atoms with van der Waals surface area (Å²) in [5.74, 6) is 0.0966. The van der Waals surface area contributed by atoms with Crippen molar-refractivity contribution in [3.05, 3.63) is 35.5 Å². The molecule has 0 unspecified atom stereocenters. The minimum Gasteiger partial charge on any atom is -0.352 e. The number of hydrogen-bond acceptors (Lipinski definition) is 1. The second-order valence-electron chi connectivity index (χ2n) is 5.87. The normalized spacial score (nSPS) is 16.8. The van der Waals surface area contributed by atoms with Crippen molar-refractivity contribution in [1.29, 1.82) is 0 Å². The summed E-state index contributed by atoms with van der Waals surface area (Å²) in [7, 11) is 0. The number of hydrogen-bond donors (Lipinski definition) is 1. The molecule has 0 radical (unpaired) electrons. The van der Waals surface area contributed by atoms with Crippen LogP contribution in [0.25, 0.3) is 10.9 Å². The standard InChI is InChI=1S/C17H21ClN2O/c18-15-8-5-9-16-14(15)10-11-20(16)12-17(21)19-13-6-3-1-2-4-7-13/h5,8-11,13H,1-4,6-7,12H2,(H,19,21). The van der Waals surface area contributed by atoms with E-state index < -0.39 is 0 Å². The second kappa shape index (κ2) is 6.52. The maximum absolute atomic E-state index is 12.3. The molecule has 1 heterocycles. The first-order valence-electron chi connectivity index (χ1n) is 7.77. The van der Waals surface area contributed by atoms with Crippen molar-refractivity contribution in [2.75, 3.05) is 0 Å². The Balaban J connectivity index is 1.67. The van der Waals surface area contributed by atoms with Crippen LogP contribution in [0.15, 0.2) is 30.5 Å². The fraction of sp³-hybridized carbons (Fsp3) is 0.471. The van der Waals surface area contributed by atoms with Crippen molar-refractivity contribution in [3.63, 3.8) is 0 Å². The van der Waals surface area contributed by atoms with Gasteiger partial charge in [0.2, 0.25) is 5.91 Å². The number of carbonyl (C=O) groups is 1. The largest absolute Gasteiger partial charge is 0.352 e. The summed E-state index contributed by atoms with van der Waals surface area (Å²) in [6.07, 6.45) is 9.22. The van der Waals surface area contributed by atoms with E-state index in [9.17, 15) is 4.79 Å². The molecule has 1 amide bonds. The summed E-state index contributed by atoms with van der Waals surface area (Å²) in [5.41, 5.74) is 1.01. The highest BCUT2D eigenvalue weighted by molar-refractivity contribution is 6.35. The third kappa shape index (κ3) is 3.41. The molecule has 1 saturated carbocycles. The minimum absolute atomic E-state index is 0.0966. The summed E-state index contributed by atoms with van der Waals surface area (Å²) < 4.78 is 1.97. The first kappa shape index (κ1) is 14.5. The van der Waals surface area contributed by atoms with Crippen LogP contribution in [-0.2, 0) is 11.3 Å². The van der Waals surface area contributed by atoms with Crippen molar-refractivity contribution >= 4 is 28.4 Å². The smallest absolute Gasteiger partial charge is 0.240 e. The van der Waals surface area contributed by atoms with E-state index >= 15 is 0 Å². The molecule has 0 bridgehead atoms. The highest BCUT2D eigenvalue weighted by Crippen LogP contribution is 2.24. The van der Waals surface area contributed by atoms with Gasteiger partial charge < -0.3 is 9.88 Å². The Bertz CT molecular complexity index is 627. The molecule has 0 spiro atoms. The third-order valence-corrected chi connectivity index (χ3v) is 4.62. The van der Waals surface area contributed by atoms with Crippen molar-refractivity contribution in [3.8, 4) is 0 Å². The van der Waals surface area contributed by atoms with Crippen LogP contribution in [-0.4, -0.2) is 16.5 Å². The van der Waals surface area contributed by atoms with Gasteiger partial charge in [-0.15, -0.1) is 0 Å². The molecule has 0 atom stereocenters. The van der Waals surface area contributed by atoms with Crippen LogP contribution < -0.4 is 5.32 Å². The van der Waals surface area contributed by atoms with E-state index in [2.05, 4.69) is 5.32 Å². The number of nitrogens with zero attached hydrogens (tertiary/aromatic N) is 1. The van der Waals surface area contributed by atoms with E-state index in [-0.39, 0.29) is 5.91 Å². The first-order chi connectivity index (χ1) is 10.2. The second-order valence-corrected chi connectivity index (χ2v) is 6.28. The van der Waals surface area contributed by atoms with Gasteiger partial charge in [-0.25, -0.2) is 0 Å². The number of carbonyl (C=O) groups excluding carboxylic acids is 1.